The molecule has 5 nitrogen and oxygen atoms in total. The topological polar surface area (TPSA) is 71.4 Å². The van der Waals surface area contributed by atoms with E-state index in [0.717, 1.165) is 6.07 Å². The highest BCUT2D eigenvalue weighted by molar-refractivity contribution is 5.95. The number of hydrogen-bond donors (Lipinski definition) is 1. The van der Waals surface area contributed by atoms with Gasteiger partial charge in [-0.25, -0.2) is 18.2 Å². The molecule has 1 aromatic heterocycles. The minimum atomic E-state index is -4.79. The third-order valence-corrected chi connectivity index (χ3v) is 4.82. The number of halogens is 6. The largest absolute Gasteiger partial charge is 0.433 e. The molecule has 2 atom stereocenters. The van der Waals surface area contributed by atoms with Gasteiger partial charge in [0.25, 0.3) is 5.91 Å². The number of pyridine rings is 1. The van der Waals surface area contributed by atoms with E-state index in [1.54, 1.807) is 20.8 Å². The maximum absolute atomic E-state index is 14.0. The molecule has 0 radical (unpaired) electrons. The zero-order chi connectivity index (χ0) is 25.1. The molecule has 0 fully saturated rings. The molecule has 1 aromatic carbocycles. The maximum Gasteiger partial charge on any atom is 0.433 e. The Morgan fingerprint density at radius 1 is 1.03 bits per heavy atom. The van der Waals surface area contributed by atoms with Crippen LogP contribution in [-0.2, 0) is 19.0 Å². The van der Waals surface area contributed by atoms with Crippen LogP contribution >= 0.6 is 0 Å². The summed E-state index contributed by atoms with van der Waals surface area (Å²) < 4.78 is 80.2. The number of benzene rings is 1. The lowest BCUT2D eigenvalue weighted by Crippen LogP contribution is -2.41. The van der Waals surface area contributed by atoms with Crippen LogP contribution in [0.15, 0.2) is 29.4 Å². The normalized spacial score (nSPS) is 14.0. The highest BCUT2D eigenvalue weighted by atomic mass is 19.4. The molecule has 11 heteroatoms. The van der Waals surface area contributed by atoms with E-state index in [4.69, 9.17) is 0 Å². The lowest BCUT2D eigenvalue weighted by atomic mass is 9.90. The summed E-state index contributed by atoms with van der Waals surface area (Å²) in [6.07, 6.45) is -5.49. The molecule has 180 valence electrons. The van der Waals surface area contributed by atoms with E-state index in [9.17, 15) is 36.0 Å². The molecule has 0 aliphatic heterocycles. The summed E-state index contributed by atoms with van der Waals surface area (Å²) in [6.45, 7) is 6.48. The van der Waals surface area contributed by atoms with Gasteiger partial charge in [-0.2, -0.15) is 18.1 Å². The van der Waals surface area contributed by atoms with E-state index in [1.807, 2.05) is 0 Å². The summed E-state index contributed by atoms with van der Waals surface area (Å²) in [4.78, 5) is 27.7. The van der Waals surface area contributed by atoms with Gasteiger partial charge in [-0.05, 0) is 56.9 Å². The Hall–Kier alpha value is -2.98. The van der Waals surface area contributed by atoms with Crippen LogP contribution in [0.3, 0.4) is 0 Å². The zero-order valence-corrected chi connectivity index (χ0v) is 18.4. The molecule has 33 heavy (non-hydrogen) atoms. The molecule has 1 amide bonds. The third-order valence-electron chi connectivity index (χ3n) is 4.82. The van der Waals surface area contributed by atoms with Crippen LogP contribution in [0.2, 0.25) is 0 Å². The van der Waals surface area contributed by atoms with Crippen molar-refractivity contribution in [1.82, 2.24) is 10.3 Å². The van der Waals surface area contributed by atoms with Gasteiger partial charge in [-0.1, -0.05) is 12.1 Å². The van der Waals surface area contributed by atoms with E-state index in [1.165, 1.54) is 6.92 Å². The molecule has 1 heterocycles. The molecule has 2 unspecified atom stereocenters. The molecular formula is C22H23F6N3O2. The Bertz CT molecular complexity index is 1030. The Kier molecular flexibility index (Phi) is 7.87. The summed E-state index contributed by atoms with van der Waals surface area (Å²) in [5.41, 5.74) is -2.66. The fourth-order valence-electron chi connectivity index (χ4n) is 3.17. The highest BCUT2D eigenvalue weighted by Crippen LogP contribution is 2.30. The van der Waals surface area contributed by atoms with Crippen molar-refractivity contribution >= 4 is 5.91 Å². The van der Waals surface area contributed by atoms with Gasteiger partial charge in [0.15, 0.2) is 11.6 Å². The van der Waals surface area contributed by atoms with Gasteiger partial charge in [0.05, 0.1) is 11.3 Å². The number of alkyl halides is 3. The summed E-state index contributed by atoms with van der Waals surface area (Å²) in [5, 5.41) is 5.54. The van der Waals surface area contributed by atoms with E-state index in [2.05, 4.69) is 15.5 Å². The van der Waals surface area contributed by atoms with E-state index in [0.29, 0.717) is 18.2 Å². The van der Waals surface area contributed by atoms with Crippen LogP contribution in [0.5, 0.6) is 0 Å². The Labute approximate surface area is 186 Å². The van der Waals surface area contributed by atoms with Crippen molar-refractivity contribution < 1.29 is 31.1 Å². The maximum atomic E-state index is 14.0. The smallest absolute Gasteiger partial charge is 0.347 e. The zero-order valence-electron chi connectivity index (χ0n) is 18.4. The van der Waals surface area contributed by atoms with Gasteiger partial charge in [0.1, 0.15) is 17.6 Å². The predicted molar refractivity (Wildman–Crippen MR) is 109 cm³/mol. The summed E-state index contributed by atoms with van der Waals surface area (Å²) in [5.74, 6) is -5.18. The van der Waals surface area contributed by atoms with Crippen LogP contribution in [0.4, 0.5) is 26.3 Å². The molecule has 1 N–H and O–H groups in total. The average Bonchev–Trinajstić information content (AvgIpc) is 2.67. The number of nitrogens with zero attached hydrogens (tertiary/aromatic N) is 2. The number of nitrogens with one attached hydrogen (secondary N) is 1. The van der Waals surface area contributed by atoms with Crippen molar-refractivity contribution in [2.75, 3.05) is 0 Å². The standard InChI is InChI=1S/C22H23F6N3O2/c1-11(7-12-8-15(24)16(25)9-14(12)23)17(31-33)10-18-13(20(32)30-21(2,3)4)5-6-19(29-18)22(26,27)28/h5-6,8-9,11,17H,7,10H2,1-4H3,(H,30,32). The van der Waals surface area contributed by atoms with E-state index in [-0.39, 0.29) is 23.2 Å². The molecule has 0 saturated heterocycles. The van der Waals surface area contributed by atoms with Crippen LogP contribution in [-0.4, -0.2) is 22.5 Å². The highest BCUT2D eigenvalue weighted by Gasteiger charge is 2.34. The first-order valence-corrected chi connectivity index (χ1v) is 9.98. The minimum Gasteiger partial charge on any atom is -0.347 e. The molecule has 0 spiro atoms. The number of carbonyl (C=O) groups is 1. The fourth-order valence-corrected chi connectivity index (χ4v) is 3.17. The van der Waals surface area contributed by atoms with Crippen LogP contribution in [0.1, 0.15) is 55.0 Å². The van der Waals surface area contributed by atoms with Crippen LogP contribution in [0.25, 0.3) is 0 Å². The van der Waals surface area contributed by atoms with Crippen molar-refractivity contribution in [2.24, 2.45) is 11.1 Å². The first-order chi connectivity index (χ1) is 15.1. The second-order valence-electron chi connectivity index (χ2n) is 8.81. The monoisotopic (exact) mass is 475 g/mol. The van der Waals surface area contributed by atoms with Gasteiger partial charge in [0.2, 0.25) is 0 Å². The Balaban J connectivity index is 2.39. The second kappa shape index (κ2) is 9.88. The quantitative estimate of drug-likeness (QED) is 0.322. The number of nitroso groups, excluding NO2 is 1. The number of amides is 1. The van der Waals surface area contributed by atoms with Gasteiger partial charge in [-0.3, -0.25) is 4.79 Å². The molecule has 0 aliphatic rings. The molecule has 0 saturated carbocycles. The average molecular weight is 475 g/mol. The van der Waals surface area contributed by atoms with Gasteiger partial charge >= 0.3 is 6.18 Å². The number of rotatable bonds is 7. The van der Waals surface area contributed by atoms with Crippen molar-refractivity contribution in [3.05, 3.63) is 69.1 Å². The number of carbonyl (C=O) groups excluding carboxylic acids is 1. The van der Waals surface area contributed by atoms with Crippen molar-refractivity contribution in [1.29, 1.82) is 0 Å². The first-order valence-electron chi connectivity index (χ1n) is 9.98. The van der Waals surface area contributed by atoms with Crippen molar-refractivity contribution in [2.45, 2.75) is 58.3 Å². The van der Waals surface area contributed by atoms with Crippen LogP contribution < -0.4 is 5.32 Å². The summed E-state index contributed by atoms with van der Waals surface area (Å²) in [7, 11) is 0. The Morgan fingerprint density at radius 3 is 2.18 bits per heavy atom. The number of aromatic nitrogens is 1. The third kappa shape index (κ3) is 7.00. The molecule has 2 rings (SSSR count). The van der Waals surface area contributed by atoms with Crippen LogP contribution in [0, 0.1) is 28.3 Å². The van der Waals surface area contributed by atoms with E-state index < -0.39 is 59.1 Å². The Morgan fingerprint density at radius 2 is 1.64 bits per heavy atom. The summed E-state index contributed by atoms with van der Waals surface area (Å²) in [6, 6.07) is 1.41. The first kappa shape index (κ1) is 26.3. The van der Waals surface area contributed by atoms with E-state index >= 15 is 0 Å². The lowest BCUT2D eigenvalue weighted by Gasteiger charge is -2.23. The number of hydrogen-bond acceptors (Lipinski definition) is 4. The lowest BCUT2D eigenvalue weighted by molar-refractivity contribution is -0.141. The SMILES string of the molecule is CC(Cc1cc(F)c(F)cc1F)C(Cc1nc(C(F)(F)F)ccc1C(=O)NC(C)(C)C)N=O. The van der Waals surface area contributed by atoms with Crippen molar-refractivity contribution in [3.63, 3.8) is 0 Å². The minimum absolute atomic E-state index is 0.169. The summed E-state index contributed by atoms with van der Waals surface area (Å²) >= 11 is 0. The van der Waals surface area contributed by atoms with Crippen molar-refractivity contribution in [3.8, 4) is 0 Å². The molecular weight excluding hydrogens is 452 g/mol. The second-order valence-corrected chi connectivity index (χ2v) is 8.81. The van der Waals surface area contributed by atoms with Gasteiger partial charge in [0, 0.05) is 18.0 Å². The molecule has 0 aliphatic carbocycles. The van der Waals surface area contributed by atoms with Gasteiger partial charge in [-0.15, -0.1) is 0 Å². The predicted octanol–water partition coefficient (Wildman–Crippen LogP) is 5.60. The fraction of sp³-hybridized carbons (Fsp3) is 0.455. The van der Waals surface area contributed by atoms with Gasteiger partial charge < -0.3 is 5.32 Å². The molecule has 2 aromatic rings. The molecule has 0 bridgehead atoms.